The summed E-state index contributed by atoms with van der Waals surface area (Å²) in [4.78, 5) is 14.2. The second kappa shape index (κ2) is 10.2. The van der Waals surface area contributed by atoms with E-state index in [-0.39, 0.29) is 5.91 Å². The van der Waals surface area contributed by atoms with E-state index in [1.165, 1.54) is 45.3 Å². The van der Waals surface area contributed by atoms with Crippen LogP contribution in [0.15, 0.2) is 0 Å². The number of rotatable bonds is 8. The Morgan fingerprint density at radius 1 is 1.30 bits per heavy atom. The molecule has 1 unspecified atom stereocenters. The van der Waals surface area contributed by atoms with Crippen molar-refractivity contribution in [3.63, 3.8) is 0 Å². The van der Waals surface area contributed by atoms with Gasteiger partial charge in [0.05, 0.1) is 0 Å². The van der Waals surface area contributed by atoms with E-state index in [0.717, 1.165) is 13.1 Å². The molecule has 1 heterocycles. The molecule has 1 saturated heterocycles. The summed E-state index contributed by atoms with van der Waals surface area (Å²) in [7, 11) is 0. The first-order chi connectivity index (χ1) is 9.61. The SMILES string of the molecule is CCCN1CCCC(NCCC(=O)NCC(C)C)CC1. The molecule has 0 radical (unpaired) electrons. The molecule has 4 heteroatoms. The summed E-state index contributed by atoms with van der Waals surface area (Å²) in [6, 6.07) is 0.592. The highest BCUT2D eigenvalue weighted by Crippen LogP contribution is 2.11. The van der Waals surface area contributed by atoms with E-state index in [9.17, 15) is 4.79 Å². The molecule has 1 aliphatic rings. The maximum Gasteiger partial charge on any atom is 0.221 e. The largest absolute Gasteiger partial charge is 0.356 e. The summed E-state index contributed by atoms with van der Waals surface area (Å²) in [6.07, 6.45) is 5.58. The van der Waals surface area contributed by atoms with Crippen molar-refractivity contribution in [2.45, 2.75) is 58.9 Å². The standard InChI is InChI=1S/C16H33N3O/c1-4-10-19-11-5-6-15(8-12-19)17-9-7-16(20)18-13-14(2)3/h14-15,17H,4-13H2,1-3H3,(H,18,20). The molecule has 2 N–H and O–H groups in total. The lowest BCUT2D eigenvalue weighted by molar-refractivity contribution is -0.121. The summed E-state index contributed by atoms with van der Waals surface area (Å²) in [5, 5.41) is 6.52. The molecule has 0 spiro atoms. The monoisotopic (exact) mass is 283 g/mol. The van der Waals surface area contributed by atoms with E-state index in [0.29, 0.717) is 18.4 Å². The third-order valence-electron chi connectivity index (χ3n) is 3.85. The van der Waals surface area contributed by atoms with Gasteiger partial charge in [0, 0.05) is 25.6 Å². The second-order valence-electron chi connectivity index (χ2n) is 6.37. The van der Waals surface area contributed by atoms with Crippen molar-refractivity contribution in [3.8, 4) is 0 Å². The van der Waals surface area contributed by atoms with Crippen molar-refractivity contribution in [1.29, 1.82) is 0 Å². The van der Waals surface area contributed by atoms with E-state index >= 15 is 0 Å². The maximum absolute atomic E-state index is 11.6. The number of nitrogens with one attached hydrogen (secondary N) is 2. The minimum absolute atomic E-state index is 0.174. The van der Waals surface area contributed by atoms with Gasteiger partial charge in [-0.05, 0) is 51.2 Å². The molecule has 1 atom stereocenters. The molecule has 0 aromatic rings. The molecule has 1 rings (SSSR count). The molecule has 0 aromatic heterocycles. The van der Waals surface area contributed by atoms with Crippen molar-refractivity contribution >= 4 is 5.91 Å². The Morgan fingerprint density at radius 3 is 2.80 bits per heavy atom. The Balaban J connectivity index is 2.11. The number of carbonyl (C=O) groups is 1. The van der Waals surface area contributed by atoms with Crippen molar-refractivity contribution in [2.75, 3.05) is 32.7 Å². The van der Waals surface area contributed by atoms with Crippen molar-refractivity contribution in [2.24, 2.45) is 5.92 Å². The van der Waals surface area contributed by atoms with Crippen LogP contribution in [-0.2, 0) is 4.79 Å². The Bertz CT molecular complexity index is 268. The molecule has 0 aliphatic carbocycles. The van der Waals surface area contributed by atoms with Gasteiger partial charge in [0.2, 0.25) is 5.91 Å². The van der Waals surface area contributed by atoms with Crippen LogP contribution >= 0.6 is 0 Å². The minimum atomic E-state index is 0.174. The highest BCUT2D eigenvalue weighted by atomic mass is 16.1. The van der Waals surface area contributed by atoms with E-state index < -0.39 is 0 Å². The molecule has 0 bridgehead atoms. The maximum atomic E-state index is 11.6. The topological polar surface area (TPSA) is 44.4 Å². The van der Waals surface area contributed by atoms with Gasteiger partial charge in [-0.2, -0.15) is 0 Å². The average molecular weight is 283 g/mol. The van der Waals surface area contributed by atoms with Crippen LogP contribution in [0.5, 0.6) is 0 Å². The molecular weight excluding hydrogens is 250 g/mol. The van der Waals surface area contributed by atoms with Gasteiger partial charge in [-0.1, -0.05) is 20.8 Å². The van der Waals surface area contributed by atoms with Gasteiger partial charge in [0.25, 0.3) is 0 Å². The number of amides is 1. The number of hydrogen-bond donors (Lipinski definition) is 2. The Kier molecular flexibility index (Phi) is 8.86. The smallest absolute Gasteiger partial charge is 0.221 e. The fraction of sp³-hybridized carbons (Fsp3) is 0.938. The van der Waals surface area contributed by atoms with E-state index in [1.807, 2.05) is 0 Å². The highest BCUT2D eigenvalue weighted by molar-refractivity contribution is 5.76. The average Bonchev–Trinajstić information content (AvgIpc) is 2.63. The first-order valence-corrected chi connectivity index (χ1v) is 8.34. The summed E-state index contributed by atoms with van der Waals surface area (Å²) >= 11 is 0. The molecule has 1 fully saturated rings. The van der Waals surface area contributed by atoms with E-state index in [2.05, 4.69) is 36.3 Å². The van der Waals surface area contributed by atoms with Crippen molar-refractivity contribution in [1.82, 2.24) is 15.5 Å². The van der Waals surface area contributed by atoms with Crippen LogP contribution in [0.25, 0.3) is 0 Å². The number of hydrogen-bond acceptors (Lipinski definition) is 3. The summed E-state index contributed by atoms with van der Waals surface area (Å²) < 4.78 is 0. The fourth-order valence-electron chi connectivity index (χ4n) is 2.70. The second-order valence-corrected chi connectivity index (χ2v) is 6.37. The number of likely N-dealkylation sites (tertiary alicyclic amines) is 1. The molecule has 1 aliphatic heterocycles. The lowest BCUT2D eigenvalue weighted by Gasteiger charge is -2.19. The fourth-order valence-corrected chi connectivity index (χ4v) is 2.70. The van der Waals surface area contributed by atoms with E-state index in [1.54, 1.807) is 0 Å². The Labute approximate surface area is 124 Å². The quantitative estimate of drug-likeness (QED) is 0.716. The molecule has 4 nitrogen and oxygen atoms in total. The van der Waals surface area contributed by atoms with Crippen LogP contribution in [0.4, 0.5) is 0 Å². The molecule has 0 aromatic carbocycles. The minimum Gasteiger partial charge on any atom is -0.356 e. The van der Waals surface area contributed by atoms with Gasteiger partial charge in [-0.3, -0.25) is 4.79 Å². The lowest BCUT2D eigenvalue weighted by Crippen LogP contribution is -2.35. The molecule has 118 valence electrons. The first-order valence-electron chi connectivity index (χ1n) is 8.34. The van der Waals surface area contributed by atoms with Gasteiger partial charge in [0.15, 0.2) is 0 Å². The van der Waals surface area contributed by atoms with Gasteiger partial charge in [-0.15, -0.1) is 0 Å². The van der Waals surface area contributed by atoms with Crippen LogP contribution < -0.4 is 10.6 Å². The van der Waals surface area contributed by atoms with Crippen molar-refractivity contribution < 1.29 is 4.79 Å². The van der Waals surface area contributed by atoms with Gasteiger partial charge < -0.3 is 15.5 Å². The Hall–Kier alpha value is -0.610. The van der Waals surface area contributed by atoms with Crippen molar-refractivity contribution in [3.05, 3.63) is 0 Å². The van der Waals surface area contributed by atoms with Crippen LogP contribution in [0.2, 0.25) is 0 Å². The lowest BCUT2D eigenvalue weighted by atomic mass is 10.1. The normalized spacial score (nSPS) is 20.9. The zero-order valence-electron chi connectivity index (χ0n) is 13.6. The predicted octanol–water partition coefficient (Wildman–Crippen LogP) is 2.00. The molecule has 20 heavy (non-hydrogen) atoms. The predicted molar refractivity (Wildman–Crippen MR) is 84.8 cm³/mol. The summed E-state index contributed by atoms with van der Waals surface area (Å²) in [6.45, 7) is 11.7. The number of carbonyl (C=O) groups excluding carboxylic acids is 1. The summed E-state index contributed by atoms with van der Waals surface area (Å²) in [5.41, 5.74) is 0. The van der Waals surface area contributed by atoms with Gasteiger partial charge in [-0.25, -0.2) is 0 Å². The number of nitrogens with zero attached hydrogens (tertiary/aromatic N) is 1. The molecular formula is C16H33N3O. The van der Waals surface area contributed by atoms with Gasteiger partial charge >= 0.3 is 0 Å². The third kappa shape index (κ3) is 7.85. The molecule has 0 saturated carbocycles. The summed E-state index contributed by atoms with van der Waals surface area (Å²) in [5.74, 6) is 0.700. The molecule has 1 amide bonds. The Morgan fingerprint density at radius 2 is 2.10 bits per heavy atom. The third-order valence-corrected chi connectivity index (χ3v) is 3.85. The first kappa shape index (κ1) is 17.4. The van der Waals surface area contributed by atoms with Gasteiger partial charge in [0.1, 0.15) is 0 Å². The van der Waals surface area contributed by atoms with Crippen LogP contribution in [-0.4, -0.2) is 49.6 Å². The highest BCUT2D eigenvalue weighted by Gasteiger charge is 2.16. The zero-order valence-corrected chi connectivity index (χ0v) is 13.6. The van der Waals surface area contributed by atoms with E-state index in [4.69, 9.17) is 0 Å². The zero-order chi connectivity index (χ0) is 14.8. The van der Waals surface area contributed by atoms with Crippen LogP contribution in [0.1, 0.15) is 52.9 Å². The van der Waals surface area contributed by atoms with Crippen LogP contribution in [0, 0.1) is 5.92 Å². The van der Waals surface area contributed by atoms with Crippen LogP contribution in [0.3, 0.4) is 0 Å².